The first-order valence-corrected chi connectivity index (χ1v) is 4.23. The van der Waals surface area contributed by atoms with E-state index in [4.69, 9.17) is 5.73 Å². The molecule has 0 spiro atoms. The zero-order valence-electron chi connectivity index (χ0n) is 7.91. The second kappa shape index (κ2) is 3.23. The van der Waals surface area contributed by atoms with Crippen LogP contribution in [0.15, 0.2) is 6.33 Å². The van der Waals surface area contributed by atoms with Gasteiger partial charge in [-0.25, -0.2) is 0 Å². The molecule has 0 aliphatic rings. The predicted octanol–water partition coefficient (Wildman–Crippen LogP) is 0.882. The third-order valence-corrected chi connectivity index (χ3v) is 1.66. The minimum Gasteiger partial charge on any atom is -0.319 e. The van der Waals surface area contributed by atoms with Crippen molar-refractivity contribution in [3.8, 4) is 0 Å². The first kappa shape index (κ1) is 9.19. The Morgan fingerprint density at radius 2 is 2.25 bits per heavy atom. The van der Waals surface area contributed by atoms with E-state index in [0.717, 1.165) is 18.8 Å². The van der Waals surface area contributed by atoms with E-state index in [1.165, 1.54) is 0 Å². The fraction of sp³-hybridized carbons (Fsp3) is 0.750. The van der Waals surface area contributed by atoms with Crippen molar-refractivity contribution < 1.29 is 0 Å². The lowest BCUT2D eigenvalue weighted by Gasteiger charge is -2.18. The van der Waals surface area contributed by atoms with E-state index in [1.54, 1.807) is 6.33 Å². The molecule has 0 saturated carbocycles. The number of aromatic nitrogens is 3. The molecule has 1 aromatic rings. The number of hydrogen-bond acceptors (Lipinski definition) is 3. The Morgan fingerprint density at radius 1 is 1.58 bits per heavy atom. The second-order valence-electron chi connectivity index (χ2n) is 3.57. The predicted molar refractivity (Wildman–Crippen MR) is 47.5 cm³/mol. The molecule has 0 aromatic carbocycles. The summed E-state index contributed by atoms with van der Waals surface area (Å²) in [7, 11) is 0. The van der Waals surface area contributed by atoms with Gasteiger partial charge in [-0.3, -0.25) is 0 Å². The van der Waals surface area contributed by atoms with Crippen molar-refractivity contribution in [1.29, 1.82) is 0 Å². The van der Waals surface area contributed by atoms with Gasteiger partial charge in [0.05, 0.1) is 5.54 Å². The fourth-order valence-corrected chi connectivity index (χ4v) is 1.16. The maximum Gasteiger partial charge on any atom is 0.152 e. The second-order valence-corrected chi connectivity index (χ2v) is 3.57. The molecular formula is C8H16N4. The van der Waals surface area contributed by atoms with Crippen molar-refractivity contribution in [2.75, 3.05) is 0 Å². The first-order valence-electron chi connectivity index (χ1n) is 4.23. The Morgan fingerprint density at radius 3 is 2.75 bits per heavy atom. The van der Waals surface area contributed by atoms with Crippen LogP contribution in [0.4, 0.5) is 0 Å². The molecule has 2 N–H and O–H groups in total. The summed E-state index contributed by atoms with van der Waals surface area (Å²) < 4.78 is 2.00. The SMILES string of the molecule is CCCn1cnnc1C(C)(C)N. The normalized spacial score (nSPS) is 12.0. The number of hydrogen-bond donors (Lipinski definition) is 1. The summed E-state index contributed by atoms with van der Waals surface area (Å²) in [6.45, 7) is 6.92. The smallest absolute Gasteiger partial charge is 0.152 e. The van der Waals surface area contributed by atoms with E-state index < -0.39 is 5.54 Å². The van der Waals surface area contributed by atoms with Crippen LogP contribution in [-0.4, -0.2) is 14.8 Å². The average Bonchev–Trinajstić information content (AvgIpc) is 2.34. The lowest BCUT2D eigenvalue weighted by molar-refractivity contribution is 0.471. The molecule has 0 aliphatic carbocycles. The van der Waals surface area contributed by atoms with Gasteiger partial charge in [-0.15, -0.1) is 10.2 Å². The highest BCUT2D eigenvalue weighted by atomic mass is 15.3. The van der Waals surface area contributed by atoms with Crippen LogP contribution in [0, 0.1) is 0 Å². The Balaban J connectivity index is 2.91. The van der Waals surface area contributed by atoms with Crippen LogP contribution in [0.3, 0.4) is 0 Å². The van der Waals surface area contributed by atoms with Crippen LogP contribution in [-0.2, 0) is 12.1 Å². The summed E-state index contributed by atoms with van der Waals surface area (Å²) in [4.78, 5) is 0. The lowest BCUT2D eigenvalue weighted by atomic mass is 10.1. The van der Waals surface area contributed by atoms with Crippen LogP contribution < -0.4 is 5.73 Å². The Hall–Kier alpha value is -0.900. The fourth-order valence-electron chi connectivity index (χ4n) is 1.16. The maximum absolute atomic E-state index is 5.91. The number of rotatable bonds is 3. The first-order chi connectivity index (χ1) is 5.55. The molecule has 1 aromatic heterocycles. The molecule has 1 heterocycles. The molecule has 1 rings (SSSR count). The van der Waals surface area contributed by atoms with Crippen LogP contribution in [0.1, 0.15) is 33.0 Å². The molecule has 0 fully saturated rings. The van der Waals surface area contributed by atoms with Crippen LogP contribution in [0.25, 0.3) is 0 Å². The number of nitrogens with two attached hydrogens (primary N) is 1. The highest BCUT2D eigenvalue weighted by molar-refractivity contribution is 4.99. The van der Waals surface area contributed by atoms with Gasteiger partial charge in [-0.05, 0) is 20.3 Å². The molecule has 0 radical (unpaired) electrons. The van der Waals surface area contributed by atoms with Crippen molar-refractivity contribution in [2.45, 2.75) is 39.3 Å². The van der Waals surface area contributed by atoms with E-state index in [1.807, 2.05) is 18.4 Å². The zero-order chi connectivity index (χ0) is 9.19. The summed E-state index contributed by atoms with van der Waals surface area (Å²) in [6.07, 6.45) is 2.80. The molecule has 4 nitrogen and oxygen atoms in total. The summed E-state index contributed by atoms with van der Waals surface area (Å²) in [6, 6.07) is 0. The molecule has 0 amide bonds. The molecule has 12 heavy (non-hydrogen) atoms. The van der Waals surface area contributed by atoms with Gasteiger partial charge in [0.25, 0.3) is 0 Å². The molecule has 0 bridgehead atoms. The Labute approximate surface area is 72.8 Å². The van der Waals surface area contributed by atoms with Crippen molar-refractivity contribution in [1.82, 2.24) is 14.8 Å². The summed E-state index contributed by atoms with van der Waals surface area (Å²) in [5, 5.41) is 7.83. The number of nitrogens with zero attached hydrogens (tertiary/aromatic N) is 3. The van der Waals surface area contributed by atoms with Crippen molar-refractivity contribution in [2.24, 2.45) is 5.73 Å². The molecular weight excluding hydrogens is 152 g/mol. The van der Waals surface area contributed by atoms with Gasteiger partial charge >= 0.3 is 0 Å². The standard InChI is InChI=1S/C8H16N4/c1-4-5-12-6-10-11-7(12)8(2,3)9/h6H,4-5,9H2,1-3H3. The van der Waals surface area contributed by atoms with Crippen LogP contribution >= 0.6 is 0 Å². The molecule has 0 aliphatic heterocycles. The van der Waals surface area contributed by atoms with Gasteiger partial charge < -0.3 is 10.3 Å². The van der Waals surface area contributed by atoms with Crippen molar-refractivity contribution in [3.05, 3.63) is 12.2 Å². The van der Waals surface area contributed by atoms with Crippen molar-refractivity contribution >= 4 is 0 Å². The van der Waals surface area contributed by atoms with E-state index >= 15 is 0 Å². The van der Waals surface area contributed by atoms with Crippen LogP contribution in [0.2, 0.25) is 0 Å². The lowest BCUT2D eigenvalue weighted by Crippen LogP contribution is -2.32. The summed E-state index contributed by atoms with van der Waals surface area (Å²) in [5.41, 5.74) is 5.51. The largest absolute Gasteiger partial charge is 0.319 e. The topological polar surface area (TPSA) is 56.7 Å². The van der Waals surface area contributed by atoms with E-state index in [0.29, 0.717) is 0 Å². The molecule has 68 valence electrons. The summed E-state index contributed by atoms with van der Waals surface area (Å²) in [5.74, 6) is 0.851. The van der Waals surface area contributed by atoms with Crippen molar-refractivity contribution in [3.63, 3.8) is 0 Å². The number of aryl methyl sites for hydroxylation is 1. The maximum atomic E-state index is 5.91. The highest BCUT2D eigenvalue weighted by Gasteiger charge is 2.20. The minimum atomic E-state index is -0.397. The Kier molecular flexibility index (Phi) is 2.47. The molecule has 0 unspecified atom stereocenters. The zero-order valence-corrected chi connectivity index (χ0v) is 7.91. The van der Waals surface area contributed by atoms with Gasteiger partial charge in [0.15, 0.2) is 5.82 Å². The Bertz CT molecular complexity index is 246. The average molecular weight is 168 g/mol. The van der Waals surface area contributed by atoms with Crippen LogP contribution in [0.5, 0.6) is 0 Å². The molecule has 4 heteroatoms. The third kappa shape index (κ3) is 1.82. The quantitative estimate of drug-likeness (QED) is 0.729. The van der Waals surface area contributed by atoms with Gasteiger partial charge in [-0.1, -0.05) is 6.92 Å². The summed E-state index contributed by atoms with van der Waals surface area (Å²) >= 11 is 0. The third-order valence-electron chi connectivity index (χ3n) is 1.66. The molecule has 0 saturated heterocycles. The van der Waals surface area contributed by atoms with E-state index in [2.05, 4.69) is 17.1 Å². The van der Waals surface area contributed by atoms with Gasteiger partial charge in [-0.2, -0.15) is 0 Å². The van der Waals surface area contributed by atoms with Gasteiger partial charge in [0.1, 0.15) is 6.33 Å². The van der Waals surface area contributed by atoms with Gasteiger partial charge in [0, 0.05) is 6.54 Å². The van der Waals surface area contributed by atoms with Gasteiger partial charge in [0.2, 0.25) is 0 Å². The highest BCUT2D eigenvalue weighted by Crippen LogP contribution is 2.13. The minimum absolute atomic E-state index is 0.397. The monoisotopic (exact) mass is 168 g/mol. The van der Waals surface area contributed by atoms with E-state index in [9.17, 15) is 0 Å². The van der Waals surface area contributed by atoms with E-state index in [-0.39, 0.29) is 0 Å². The molecule has 0 atom stereocenters.